The van der Waals surface area contributed by atoms with Crippen molar-refractivity contribution in [1.82, 2.24) is 10.9 Å². The molecule has 0 saturated carbocycles. The molecule has 0 aliphatic heterocycles. The molecule has 2 rings (SSSR count). The number of hydrazine groups is 1. The lowest BCUT2D eigenvalue weighted by atomic mass is 10.1. The number of rotatable bonds is 3. The van der Waals surface area contributed by atoms with Crippen LogP contribution in [0, 0.1) is 0 Å². The number of carboxylic acid groups (broad SMARTS) is 1. The van der Waals surface area contributed by atoms with Crippen LogP contribution in [0.25, 0.3) is 0 Å². The fourth-order valence-electron chi connectivity index (χ4n) is 1.52. The van der Waals surface area contributed by atoms with Gasteiger partial charge in [-0.3, -0.25) is 20.4 Å². The Morgan fingerprint density at radius 1 is 0.900 bits per heavy atom. The number of aromatic carboxylic acids is 1. The average Bonchev–Trinajstić information content (AvgIpc) is 2.98. The molecule has 2 amide bonds. The topological polar surface area (TPSA) is 109 Å². The van der Waals surface area contributed by atoms with E-state index in [1.165, 1.54) is 42.7 Å². The van der Waals surface area contributed by atoms with Gasteiger partial charge in [0.15, 0.2) is 5.76 Å². The lowest BCUT2D eigenvalue weighted by molar-refractivity contribution is 0.0690. The van der Waals surface area contributed by atoms with E-state index in [4.69, 9.17) is 9.52 Å². The molecule has 0 atom stereocenters. The highest BCUT2D eigenvalue weighted by Crippen LogP contribution is 2.08. The van der Waals surface area contributed by atoms with Gasteiger partial charge in [0, 0.05) is 0 Å². The Bertz CT molecular complexity index is 649. The number of benzene rings is 1. The first-order chi connectivity index (χ1) is 9.59. The van der Waals surface area contributed by atoms with Crippen LogP contribution in [0.5, 0.6) is 0 Å². The van der Waals surface area contributed by atoms with Crippen LogP contribution in [0.1, 0.15) is 31.3 Å². The molecule has 0 spiro atoms. The smallest absolute Gasteiger partial charge is 0.336 e. The van der Waals surface area contributed by atoms with Crippen LogP contribution >= 0.6 is 0 Å². The van der Waals surface area contributed by atoms with E-state index in [0.717, 1.165) is 0 Å². The van der Waals surface area contributed by atoms with Crippen LogP contribution in [0.3, 0.4) is 0 Å². The molecule has 7 heteroatoms. The summed E-state index contributed by atoms with van der Waals surface area (Å²) in [6.07, 6.45) is 1.32. The lowest BCUT2D eigenvalue weighted by Gasteiger charge is -2.07. The standard InChI is InChI=1S/C13H10N2O5/c16-11(8-4-1-2-5-9(8)13(18)19)14-15-12(17)10-6-3-7-20-10/h1-7H,(H,14,16)(H,15,17)(H,18,19). The molecule has 0 bridgehead atoms. The summed E-state index contributed by atoms with van der Waals surface area (Å²) in [5, 5.41) is 8.96. The molecule has 3 N–H and O–H groups in total. The third-order valence-corrected chi connectivity index (χ3v) is 2.44. The molecule has 20 heavy (non-hydrogen) atoms. The highest BCUT2D eigenvalue weighted by Gasteiger charge is 2.16. The molecule has 1 heterocycles. The van der Waals surface area contributed by atoms with Gasteiger partial charge < -0.3 is 9.52 Å². The number of amides is 2. The van der Waals surface area contributed by atoms with E-state index >= 15 is 0 Å². The molecule has 102 valence electrons. The lowest BCUT2D eigenvalue weighted by Crippen LogP contribution is -2.42. The minimum Gasteiger partial charge on any atom is -0.478 e. The fraction of sp³-hybridized carbons (Fsp3) is 0. The molecular formula is C13H10N2O5. The van der Waals surface area contributed by atoms with Gasteiger partial charge in [0.2, 0.25) is 0 Å². The third kappa shape index (κ3) is 2.83. The second kappa shape index (κ2) is 5.70. The number of furan rings is 1. The Morgan fingerprint density at radius 3 is 2.15 bits per heavy atom. The molecule has 1 aromatic heterocycles. The van der Waals surface area contributed by atoms with Gasteiger partial charge in [-0.25, -0.2) is 4.79 Å². The largest absolute Gasteiger partial charge is 0.478 e. The van der Waals surface area contributed by atoms with Gasteiger partial charge in [-0.05, 0) is 24.3 Å². The summed E-state index contributed by atoms with van der Waals surface area (Å²) in [4.78, 5) is 34.3. The Kier molecular flexibility index (Phi) is 3.80. The monoisotopic (exact) mass is 274 g/mol. The Hall–Kier alpha value is -3.09. The van der Waals surface area contributed by atoms with Crippen LogP contribution in [-0.4, -0.2) is 22.9 Å². The van der Waals surface area contributed by atoms with Crippen molar-refractivity contribution in [3.63, 3.8) is 0 Å². The molecule has 0 aliphatic carbocycles. The molecule has 1 aromatic carbocycles. The van der Waals surface area contributed by atoms with Crippen LogP contribution in [0.15, 0.2) is 47.1 Å². The highest BCUT2D eigenvalue weighted by molar-refractivity contribution is 6.05. The van der Waals surface area contributed by atoms with Crippen LogP contribution in [0.2, 0.25) is 0 Å². The predicted molar refractivity (Wildman–Crippen MR) is 67.0 cm³/mol. The molecule has 7 nitrogen and oxygen atoms in total. The van der Waals surface area contributed by atoms with Crippen LogP contribution in [0.4, 0.5) is 0 Å². The zero-order valence-corrected chi connectivity index (χ0v) is 10.1. The van der Waals surface area contributed by atoms with Crippen LogP contribution < -0.4 is 10.9 Å². The maximum absolute atomic E-state index is 11.8. The van der Waals surface area contributed by atoms with Gasteiger partial charge in [-0.2, -0.15) is 0 Å². The molecule has 0 radical (unpaired) electrons. The summed E-state index contributed by atoms with van der Waals surface area (Å²) in [6.45, 7) is 0. The van der Waals surface area contributed by atoms with Crippen molar-refractivity contribution < 1.29 is 23.9 Å². The normalized spacial score (nSPS) is 9.80. The molecule has 0 aliphatic rings. The summed E-state index contributed by atoms with van der Waals surface area (Å²) in [6, 6.07) is 8.62. The van der Waals surface area contributed by atoms with Crippen molar-refractivity contribution in [3.8, 4) is 0 Å². The summed E-state index contributed by atoms with van der Waals surface area (Å²) in [5.41, 5.74) is 4.03. The van der Waals surface area contributed by atoms with Gasteiger partial charge >= 0.3 is 11.9 Å². The predicted octanol–water partition coefficient (Wildman–Crippen LogP) is 1.05. The highest BCUT2D eigenvalue weighted by atomic mass is 16.4. The number of nitrogens with one attached hydrogen (secondary N) is 2. The van der Waals surface area contributed by atoms with E-state index in [1.54, 1.807) is 0 Å². The van der Waals surface area contributed by atoms with Crippen molar-refractivity contribution >= 4 is 17.8 Å². The molecule has 0 unspecified atom stereocenters. The maximum Gasteiger partial charge on any atom is 0.336 e. The van der Waals surface area contributed by atoms with Gasteiger partial charge in [0.05, 0.1) is 17.4 Å². The van der Waals surface area contributed by atoms with Crippen molar-refractivity contribution in [3.05, 3.63) is 59.5 Å². The quantitative estimate of drug-likeness (QED) is 0.725. The van der Waals surface area contributed by atoms with E-state index in [-0.39, 0.29) is 16.9 Å². The maximum atomic E-state index is 11.8. The first-order valence-corrected chi connectivity index (χ1v) is 5.56. The fourth-order valence-corrected chi connectivity index (χ4v) is 1.52. The second-order valence-electron chi connectivity index (χ2n) is 3.74. The summed E-state index contributed by atoms with van der Waals surface area (Å²) < 4.78 is 4.84. The van der Waals surface area contributed by atoms with E-state index in [2.05, 4.69) is 10.9 Å². The molecular weight excluding hydrogens is 264 g/mol. The zero-order valence-electron chi connectivity index (χ0n) is 10.1. The van der Waals surface area contributed by atoms with E-state index < -0.39 is 17.8 Å². The minimum atomic E-state index is -1.23. The molecule has 0 fully saturated rings. The van der Waals surface area contributed by atoms with E-state index in [9.17, 15) is 14.4 Å². The summed E-state index contributed by atoms with van der Waals surface area (Å²) >= 11 is 0. The summed E-state index contributed by atoms with van der Waals surface area (Å²) in [5.74, 6) is -2.58. The van der Waals surface area contributed by atoms with E-state index in [0.29, 0.717) is 0 Å². The number of hydrogen-bond donors (Lipinski definition) is 3. The van der Waals surface area contributed by atoms with Crippen molar-refractivity contribution in [1.29, 1.82) is 0 Å². The van der Waals surface area contributed by atoms with Gasteiger partial charge in [0.25, 0.3) is 5.91 Å². The Morgan fingerprint density at radius 2 is 1.55 bits per heavy atom. The SMILES string of the molecule is O=C(NNC(=O)c1ccccc1C(=O)O)c1ccco1. The van der Waals surface area contributed by atoms with Gasteiger partial charge in [-0.1, -0.05) is 12.1 Å². The number of carboxylic acids is 1. The number of carbonyl (C=O) groups excluding carboxylic acids is 2. The van der Waals surface area contributed by atoms with Crippen LogP contribution in [-0.2, 0) is 0 Å². The van der Waals surface area contributed by atoms with E-state index in [1.807, 2.05) is 0 Å². The Balaban J connectivity index is 2.06. The second-order valence-corrected chi connectivity index (χ2v) is 3.74. The molecule has 0 saturated heterocycles. The minimum absolute atomic E-state index is 0.0248. The first kappa shape index (κ1) is 13.3. The number of carbonyl (C=O) groups is 3. The Labute approximate surface area is 113 Å². The van der Waals surface area contributed by atoms with Crippen molar-refractivity contribution in [2.75, 3.05) is 0 Å². The summed E-state index contributed by atoms with van der Waals surface area (Å²) in [7, 11) is 0. The van der Waals surface area contributed by atoms with Gasteiger partial charge in [0.1, 0.15) is 0 Å². The van der Waals surface area contributed by atoms with Crippen molar-refractivity contribution in [2.45, 2.75) is 0 Å². The zero-order chi connectivity index (χ0) is 14.5. The first-order valence-electron chi connectivity index (χ1n) is 5.56. The third-order valence-electron chi connectivity index (χ3n) is 2.44. The average molecular weight is 274 g/mol. The van der Waals surface area contributed by atoms with Gasteiger partial charge in [-0.15, -0.1) is 0 Å². The number of hydrogen-bond acceptors (Lipinski definition) is 4. The molecule has 2 aromatic rings. The van der Waals surface area contributed by atoms with Crippen molar-refractivity contribution in [2.24, 2.45) is 0 Å².